The minimum atomic E-state index is -0.620. The molecule has 0 saturated carbocycles. The molecule has 86 valence electrons. The second-order valence-corrected chi connectivity index (χ2v) is 3.20. The van der Waals surface area contributed by atoms with Gasteiger partial charge < -0.3 is 9.84 Å². The van der Waals surface area contributed by atoms with Crippen molar-refractivity contribution in [3.8, 4) is 5.75 Å². The van der Waals surface area contributed by atoms with E-state index in [1.165, 1.54) is 12.1 Å². The predicted octanol–water partition coefficient (Wildman–Crippen LogP) is 2.16. The molecule has 0 spiro atoms. The molecule has 1 N–H and O–H groups in total. The average Bonchev–Trinajstić information content (AvgIpc) is 2.28. The lowest BCUT2D eigenvalue weighted by molar-refractivity contribution is 0.0523. The quantitative estimate of drug-likeness (QED) is 0.626. The van der Waals surface area contributed by atoms with Gasteiger partial charge in [0, 0.05) is 6.42 Å². The normalized spacial score (nSPS) is 9.88. The minimum Gasteiger partial charge on any atom is -0.506 e. The highest BCUT2D eigenvalue weighted by Crippen LogP contribution is 2.24. The number of ether oxygens (including phenoxy) is 1. The minimum absolute atomic E-state index is 0.0288. The molecule has 1 aromatic rings. The lowest BCUT2D eigenvalue weighted by Crippen LogP contribution is -2.07. The van der Waals surface area contributed by atoms with Gasteiger partial charge in [0.05, 0.1) is 12.2 Å². The van der Waals surface area contributed by atoms with Gasteiger partial charge in [0.1, 0.15) is 11.3 Å². The molecule has 0 amide bonds. The Hall–Kier alpha value is -1.84. The van der Waals surface area contributed by atoms with Crippen LogP contribution in [0, 0.1) is 0 Å². The van der Waals surface area contributed by atoms with E-state index in [1.54, 1.807) is 19.9 Å². The van der Waals surface area contributed by atoms with Crippen LogP contribution in [0.15, 0.2) is 18.2 Å². The molecule has 0 bridgehead atoms. The smallest absolute Gasteiger partial charge is 0.341 e. The number of para-hydroxylation sites is 1. The van der Waals surface area contributed by atoms with Crippen molar-refractivity contribution in [2.75, 3.05) is 6.61 Å². The monoisotopic (exact) mass is 222 g/mol. The summed E-state index contributed by atoms with van der Waals surface area (Å²) in [6, 6.07) is 4.47. The largest absolute Gasteiger partial charge is 0.506 e. The van der Waals surface area contributed by atoms with Gasteiger partial charge in [-0.1, -0.05) is 13.0 Å². The second kappa shape index (κ2) is 5.30. The Morgan fingerprint density at radius 3 is 2.44 bits per heavy atom. The Labute approximate surface area is 93.9 Å². The number of phenolic OH excluding ortho intramolecular Hbond substituents is 1. The third-order valence-corrected chi connectivity index (χ3v) is 2.15. The van der Waals surface area contributed by atoms with Crippen molar-refractivity contribution < 1.29 is 19.4 Å². The van der Waals surface area contributed by atoms with Crippen LogP contribution in [0.5, 0.6) is 5.75 Å². The number of carbonyl (C=O) groups is 2. The molecule has 0 aromatic heterocycles. The van der Waals surface area contributed by atoms with Crippen LogP contribution in [0.2, 0.25) is 0 Å². The van der Waals surface area contributed by atoms with Gasteiger partial charge in [-0.15, -0.1) is 0 Å². The Morgan fingerprint density at radius 1 is 1.25 bits per heavy atom. The van der Waals surface area contributed by atoms with Crippen LogP contribution in [0.3, 0.4) is 0 Å². The zero-order valence-electron chi connectivity index (χ0n) is 9.32. The zero-order valence-corrected chi connectivity index (χ0v) is 9.32. The van der Waals surface area contributed by atoms with Crippen molar-refractivity contribution in [3.63, 3.8) is 0 Å². The maximum atomic E-state index is 11.5. The molecule has 0 saturated heterocycles. The van der Waals surface area contributed by atoms with Crippen LogP contribution >= 0.6 is 0 Å². The fourth-order valence-electron chi connectivity index (χ4n) is 1.33. The topological polar surface area (TPSA) is 63.6 Å². The Morgan fingerprint density at radius 2 is 1.88 bits per heavy atom. The van der Waals surface area contributed by atoms with Crippen molar-refractivity contribution in [1.29, 1.82) is 0 Å². The number of benzene rings is 1. The number of hydrogen-bond donors (Lipinski definition) is 1. The maximum Gasteiger partial charge on any atom is 0.341 e. The van der Waals surface area contributed by atoms with Gasteiger partial charge in [-0.25, -0.2) is 4.79 Å². The highest BCUT2D eigenvalue weighted by molar-refractivity contribution is 6.03. The van der Waals surface area contributed by atoms with Crippen LogP contribution in [0.1, 0.15) is 41.0 Å². The fraction of sp³-hybridized carbons (Fsp3) is 0.333. The molecule has 0 unspecified atom stereocenters. The highest BCUT2D eigenvalue weighted by Gasteiger charge is 2.17. The van der Waals surface area contributed by atoms with E-state index >= 15 is 0 Å². The molecule has 0 aliphatic rings. The number of aromatic hydroxyl groups is 1. The molecule has 4 nitrogen and oxygen atoms in total. The summed E-state index contributed by atoms with van der Waals surface area (Å²) in [6.07, 6.45) is 0.278. The average molecular weight is 222 g/mol. The Balaban J connectivity index is 3.13. The van der Waals surface area contributed by atoms with Crippen LogP contribution in [0.25, 0.3) is 0 Å². The molecular weight excluding hydrogens is 208 g/mol. The van der Waals surface area contributed by atoms with Gasteiger partial charge in [-0.05, 0) is 19.1 Å². The number of phenols is 1. The highest BCUT2D eigenvalue weighted by atomic mass is 16.5. The van der Waals surface area contributed by atoms with Crippen molar-refractivity contribution in [2.24, 2.45) is 0 Å². The summed E-state index contributed by atoms with van der Waals surface area (Å²) < 4.78 is 4.77. The summed E-state index contributed by atoms with van der Waals surface area (Å²) in [6.45, 7) is 3.60. The van der Waals surface area contributed by atoms with Crippen LogP contribution in [-0.4, -0.2) is 23.5 Å². The van der Waals surface area contributed by atoms with E-state index in [1.807, 2.05) is 0 Å². The summed E-state index contributed by atoms with van der Waals surface area (Å²) in [7, 11) is 0. The number of esters is 1. The molecular formula is C12H14O4. The van der Waals surface area contributed by atoms with E-state index in [0.29, 0.717) is 0 Å². The van der Waals surface area contributed by atoms with Gasteiger partial charge >= 0.3 is 5.97 Å². The van der Waals surface area contributed by atoms with Crippen molar-refractivity contribution in [2.45, 2.75) is 20.3 Å². The first-order valence-corrected chi connectivity index (χ1v) is 5.14. The van der Waals surface area contributed by atoms with Crippen LogP contribution in [-0.2, 0) is 4.74 Å². The molecule has 0 heterocycles. The molecule has 0 aliphatic heterocycles. The summed E-state index contributed by atoms with van der Waals surface area (Å²) in [5.41, 5.74) is 0.189. The van der Waals surface area contributed by atoms with Gasteiger partial charge in [0.15, 0.2) is 5.78 Å². The fourth-order valence-corrected chi connectivity index (χ4v) is 1.33. The number of ketones is 1. The molecule has 16 heavy (non-hydrogen) atoms. The summed E-state index contributed by atoms with van der Waals surface area (Å²) in [5, 5.41) is 9.77. The van der Waals surface area contributed by atoms with E-state index in [0.717, 1.165) is 0 Å². The van der Waals surface area contributed by atoms with Gasteiger partial charge in [0.2, 0.25) is 0 Å². The Bertz CT molecular complexity index is 409. The maximum absolute atomic E-state index is 11.5. The van der Waals surface area contributed by atoms with Crippen molar-refractivity contribution in [3.05, 3.63) is 29.3 Å². The van der Waals surface area contributed by atoms with E-state index in [9.17, 15) is 14.7 Å². The number of carbonyl (C=O) groups excluding carboxylic acids is 2. The van der Waals surface area contributed by atoms with E-state index in [4.69, 9.17) is 4.74 Å². The van der Waals surface area contributed by atoms with Crippen LogP contribution in [0.4, 0.5) is 0 Å². The molecule has 4 heteroatoms. The summed E-state index contributed by atoms with van der Waals surface area (Å²) in [4.78, 5) is 22.9. The number of hydrogen-bond acceptors (Lipinski definition) is 4. The predicted molar refractivity (Wildman–Crippen MR) is 58.7 cm³/mol. The zero-order chi connectivity index (χ0) is 12.1. The summed E-state index contributed by atoms with van der Waals surface area (Å²) in [5.74, 6) is -1.12. The molecule has 0 atom stereocenters. The molecule has 0 aliphatic carbocycles. The van der Waals surface area contributed by atoms with Gasteiger partial charge in [-0.2, -0.15) is 0 Å². The van der Waals surface area contributed by atoms with Crippen molar-refractivity contribution in [1.82, 2.24) is 0 Å². The first-order valence-electron chi connectivity index (χ1n) is 5.14. The van der Waals surface area contributed by atoms with E-state index in [2.05, 4.69) is 0 Å². The van der Waals surface area contributed by atoms with E-state index in [-0.39, 0.29) is 35.7 Å². The molecule has 1 aromatic carbocycles. The number of Topliss-reactive ketones (excluding diaryl/α,β-unsaturated/α-hetero) is 1. The molecule has 1 rings (SSSR count). The SMILES string of the molecule is CCOC(=O)c1cccc(C(=O)CC)c1O. The molecule has 0 fully saturated rings. The summed E-state index contributed by atoms with van der Waals surface area (Å²) >= 11 is 0. The van der Waals surface area contributed by atoms with Gasteiger partial charge in [0.25, 0.3) is 0 Å². The van der Waals surface area contributed by atoms with Crippen molar-refractivity contribution >= 4 is 11.8 Å². The van der Waals surface area contributed by atoms with E-state index < -0.39 is 5.97 Å². The van der Waals surface area contributed by atoms with Gasteiger partial charge in [-0.3, -0.25) is 4.79 Å². The lowest BCUT2D eigenvalue weighted by Gasteiger charge is -2.07. The first kappa shape index (κ1) is 12.2. The standard InChI is InChI=1S/C12H14O4/c1-3-10(13)8-6-5-7-9(11(8)14)12(15)16-4-2/h5-7,14H,3-4H2,1-2H3. The Kier molecular flexibility index (Phi) is 4.05. The number of rotatable bonds is 4. The lowest BCUT2D eigenvalue weighted by atomic mass is 10.0. The first-order chi connectivity index (χ1) is 7.61. The second-order valence-electron chi connectivity index (χ2n) is 3.20. The third kappa shape index (κ3) is 2.39. The van der Waals surface area contributed by atoms with Crippen LogP contribution < -0.4 is 0 Å². The molecule has 0 radical (unpaired) electrons. The third-order valence-electron chi connectivity index (χ3n) is 2.15.